The minimum absolute atomic E-state index is 0.0561. The van der Waals surface area contributed by atoms with Crippen molar-refractivity contribution in [3.05, 3.63) is 76.8 Å². The molecular formula is C27H28ClN3O6. The smallest absolute Gasteiger partial charge is 0.295 e. The van der Waals surface area contributed by atoms with Gasteiger partial charge in [0.1, 0.15) is 23.0 Å². The van der Waals surface area contributed by atoms with Crippen LogP contribution in [0.1, 0.15) is 30.5 Å². The summed E-state index contributed by atoms with van der Waals surface area (Å²) in [6.07, 6.45) is 5.75. The van der Waals surface area contributed by atoms with Gasteiger partial charge in [-0.15, -0.1) is 0 Å². The summed E-state index contributed by atoms with van der Waals surface area (Å²) in [7, 11) is 3.03. The lowest BCUT2D eigenvalue weighted by atomic mass is 9.94. The van der Waals surface area contributed by atoms with Crippen LogP contribution in [0.25, 0.3) is 5.76 Å². The number of aryl methyl sites for hydroxylation is 1. The summed E-state index contributed by atoms with van der Waals surface area (Å²) < 4.78 is 18.3. The average Bonchev–Trinajstić information content (AvgIpc) is 3.51. The molecule has 3 aromatic rings. The molecule has 1 atom stereocenters. The Balaban J connectivity index is 1.81. The highest BCUT2D eigenvalue weighted by Crippen LogP contribution is 2.44. The first-order chi connectivity index (χ1) is 17.9. The predicted molar refractivity (Wildman–Crippen MR) is 138 cm³/mol. The molecular weight excluding hydrogens is 498 g/mol. The van der Waals surface area contributed by atoms with Gasteiger partial charge in [-0.2, -0.15) is 0 Å². The molecule has 10 heteroatoms. The SMILES string of the molecule is CCOc1ccc(/C(O)=C2\C(=O)C(=O)N(CCCn3ccnc3)[C@@H]2c2cc(OC)ccc2OC)cc1Cl. The molecule has 0 aliphatic carbocycles. The van der Waals surface area contributed by atoms with Gasteiger partial charge in [0.25, 0.3) is 11.7 Å². The molecule has 2 heterocycles. The number of carbonyl (C=O) groups is 2. The first-order valence-corrected chi connectivity index (χ1v) is 12.2. The molecule has 1 N–H and O–H groups in total. The van der Waals surface area contributed by atoms with Crippen LogP contribution >= 0.6 is 11.6 Å². The predicted octanol–water partition coefficient (Wildman–Crippen LogP) is 4.46. The van der Waals surface area contributed by atoms with Crippen LogP contribution < -0.4 is 14.2 Å². The Morgan fingerprint density at radius 2 is 1.86 bits per heavy atom. The van der Waals surface area contributed by atoms with Gasteiger partial charge in [0.15, 0.2) is 0 Å². The fraction of sp³-hybridized carbons (Fsp3) is 0.296. The van der Waals surface area contributed by atoms with Gasteiger partial charge in [0.2, 0.25) is 0 Å². The molecule has 4 rings (SSSR count). The summed E-state index contributed by atoms with van der Waals surface area (Å²) in [5.74, 6) is -0.423. The van der Waals surface area contributed by atoms with E-state index < -0.39 is 17.7 Å². The maximum atomic E-state index is 13.4. The van der Waals surface area contributed by atoms with E-state index in [-0.39, 0.29) is 28.5 Å². The van der Waals surface area contributed by atoms with Crippen LogP contribution in [-0.2, 0) is 16.1 Å². The molecule has 0 saturated carbocycles. The van der Waals surface area contributed by atoms with Crippen LogP contribution in [0.3, 0.4) is 0 Å². The van der Waals surface area contributed by atoms with Crippen LogP contribution in [0, 0.1) is 0 Å². The second kappa shape index (κ2) is 11.4. The highest BCUT2D eigenvalue weighted by atomic mass is 35.5. The van der Waals surface area contributed by atoms with Gasteiger partial charge in [-0.05, 0) is 49.7 Å². The highest BCUT2D eigenvalue weighted by molar-refractivity contribution is 6.46. The van der Waals surface area contributed by atoms with Crippen molar-refractivity contribution in [3.63, 3.8) is 0 Å². The number of halogens is 1. The molecule has 0 bridgehead atoms. The van der Waals surface area contributed by atoms with Gasteiger partial charge in [-0.25, -0.2) is 4.98 Å². The second-order valence-corrected chi connectivity index (χ2v) is 8.74. The van der Waals surface area contributed by atoms with Crippen molar-refractivity contribution in [2.24, 2.45) is 0 Å². The van der Waals surface area contributed by atoms with Gasteiger partial charge < -0.3 is 28.8 Å². The number of imidazole rings is 1. The third kappa shape index (κ3) is 5.27. The normalized spacial score (nSPS) is 16.8. The van der Waals surface area contributed by atoms with Gasteiger partial charge in [-0.1, -0.05) is 11.6 Å². The van der Waals surface area contributed by atoms with Crippen molar-refractivity contribution in [3.8, 4) is 17.2 Å². The van der Waals surface area contributed by atoms with Gasteiger partial charge in [0.05, 0.1) is 43.8 Å². The summed E-state index contributed by atoms with van der Waals surface area (Å²) in [6, 6.07) is 8.94. The van der Waals surface area contributed by atoms with Gasteiger partial charge in [-0.3, -0.25) is 9.59 Å². The number of hydrogen-bond donors (Lipinski definition) is 1. The van der Waals surface area contributed by atoms with Crippen LogP contribution in [-0.4, -0.2) is 58.6 Å². The lowest BCUT2D eigenvalue weighted by Crippen LogP contribution is -2.31. The summed E-state index contributed by atoms with van der Waals surface area (Å²) in [6.45, 7) is 3.11. The molecule has 0 radical (unpaired) electrons. The first kappa shape index (κ1) is 26.1. The molecule has 1 fully saturated rings. The maximum Gasteiger partial charge on any atom is 0.295 e. The van der Waals surface area contributed by atoms with Crippen LogP contribution in [0.15, 0.2) is 60.7 Å². The third-order valence-corrected chi connectivity index (χ3v) is 6.45. The van der Waals surface area contributed by atoms with Crippen molar-refractivity contribution in [1.29, 1.82) is 0 Å². The molecule has 0 spiro atoms. The quantitative estimate of drug-likeness (QED) is 0.237. The molecule has 0 unspecified atom stereocenters. The summed E-state index contributed by atoms with van der Waals surface area (Å²) in [5, 5.41) is 11.6. The maximum absolute atomic E-state index is 13.4. The Labute approximate surface area is 219 Å². The lowest BCUT2D eigenvalue weighted by molar-refractivity contribution is -0.140. The highest BCUT2D eigenvalue weighted by Gasteiger charge is 2.47. The zero-order valence-corrected chi connectivity index (χ0v) is 21.6. The first-order valence-electron chi connectivity index (χ1n) is 11.8. The molecule has 1 aliphatic rings. The second-order valence-electron chi connectivity index (χ2n) is 8.33. The number of nitrogens with zero attached hydrogens (tertiary/aromatic N) is 3. The van der Waals surface area contributed by atoms with E-state index >= 15 is 0 Å². The molecule has 1 amide bonds. The van der Waals surface area contributed by atoms with Crippen molar-refractivity contribution >= 4 is 29.1 Å². The number of rotatable bonds is 10. The monoisotopic (exact) mass is 525 g/mol. The van der Waals surface area contributed by atoms with Crippen molar-refractivity contribution in [2.75, 3.05) is 27.4 Å². The zero-order valence-electron chi connectivity index (χ0n) is 20.8. The van der Waals surface area contributed by atoms with E-state index in [2.05, 4.69) is 4.98 Å². The van der Waals surface area contributed by atoms with Crippen molar-refractivity contribution in [2.45, 2.75) is 25.9 Å². The third-order valence-electron chi connectivity index (χ3n) is 6.15. The van der Waals surface area contributed by atoms with Crippen LogP contribution in [0.4, 0.5) is 0 Å². The number of aromatic nitrogens is 2. The van der Waals surface area contributed by atoms with Gasteiger partial charge in [0, 0.05) is 36.6 Å². The molecule has 1 aliphatic heterocycles. The van der Waals surface area contributed by atoms with Crippen molar-refractivity contribution in [1.82, 2.24) is 14.5 Å². The number of Topliss-reactive ketones (excluding diaryl/α,β-unsaturated/α-hetero) is 1. The lowest BCUT2D eigenvalue weighted by Gasteiger charge is -2.27. The standard InChI is InChI=1S/C27H28ClN3O6/c1-4-37-22-8-6-17(14-20(22)28)25(32)23-24(19-15-18(35-2)7-9-21(19)36-3)31(27(34)26(23)33)12-5-11-30-13-10-29-16-30/h6-10,13-16,24,32H,4-5,11-12H2,1-3H3/b25-23+/t24-/m1/s1. The van der Waals surface area contributed by atoms with E-state index in [1.165, 1.54) is 25.2 Å². The Bertz CT molecular complexity index is 1320. The number of ether oxygens (including phenoxy) is 3. The molecule has 1 saturated heterocycles. The van der Waals surface area contributed by atoms with Crippen LogP contribution in [0.5, 0.6) is 17.2 Å². The molecule has 1 aromatic heterocycles. The molecule has 37 heavy (non-hydrogen) atoms. The number of aliphatic hydroxyl groups is 1. The minimum atomic E-state index is -0.904. The summed E-state index contributed by atoms with van der Waals surface area (Å²) in [4.78, 5) is 32.1. The molecule has 2 aromatic carbocycles. The summed E-state index contributed by atoms with van der Waals surface area (Å²) in [5.41, 5.74) is 0.749. The number of methoxy groups -OCH3 is 2. The molecule has 9 nitrogen and oxygen atoms in total. The van der Waals surface area contributed by atoms with E-state index in [1.54, 1.807) is 42.9 Å². The topological polar surface area (TPSA) is 103 Å². The Hall–Kier alpha value is -3.98. The summed E-state index contributed by atoms with van der Waals surface area (Å²) >= 11 is 6.35. The average molecular weight is 526 g/mol. The Kier molecular flexibility index (Phi) is 8.03. The fourth-order valence-electron chi connectivity index (χ4n) is 4.41. The number of benzene rings is 2. The Morgan fingerprint density at radius 1 is 1.08 bits per heavy atom. The number of carbonyl (C=O) groups excluding carboxylic acids is 2. The number of aliphatic hydroxyl groups excluding tert-OH is 1. The van der Waals surface area contributed by atoms with E-state index in [1.807, 2.05) is 17.7 Å². The number of likely N-dealkylation sites (tertiary alicyclic amines) is 1. The van der Waals surface area contributed by atoms with Gasteiger partial charge >= 0.3 is 0 Å². The number of hydrogen-bond acceptors (Lipinski definition) is 7. The van der Waals surface area contributed by atoms with E-state index in [0.717, 1.165) is 0 Å². The van der Waals surface area contributed by atoms with E-state index in [9.17, 15) is 14.7 Å². The van der Waals surface area contributed by atoms with E-state index in [4.69, 9.17) is 25.8 Å². The fourth-order valence-corrected chi connectivity index (χ4v) is 4.64. The molecule has 194 valence electrons. The Morgan fingerprint density at radius 3 is 2.51 bits per heavy atom. The number of amides is 1. The van der Waals surface area contributed by atoms with Crippen molar-refractivity contribution < 1.29 is 28.9 Å². The minimum Gasteiger partial charge on any atom is -0.507 e. The number of ketones is 1. The largest absolute Gasteiger partial charge is 0.507 e. The zero-order chi connectivity index (χ0) is 26.5. The van der Waals surface area contributed by atoms with Crippen LogP contribution in [0.2, 0.25) is 5.02 Å². The van der Waals surface area contributed by atoms with E-state index in [0.29, 0.717) is 42.4 Å².